The summed E-state index contributed by atoms with van der Waals surface area (Å²) in [6.45, 7) is 6.37. The summed E-state index contributed by atoms with van der Waals surface area (Å²) in [6.07, 6.45) is 0. The van der Waals surface area contributed by atoms with Crippen molar-refractivity contribution in [1.82, 2.24) is 4.90 Å². The molecular formula is C19H24N2O3S. The first-order valence-corrected chi connectivity index (χ1v) is 8.98. The van der Waals surface area contributed by atoms with Crippen molar-refractivity contribution < 1.29 is 14.3 Å². The maximum Gasteiger partial charge on any atom is 0.248 e. The summed E-state index contributed by atoms with van der Waals surface area (Å²) in [6, 6.07) is 8.30. The molecular weight excluding hydrogens is 336 g/mol. The van der Waals surface area contributed by atoms with Crippen LogP contribution in [0.3, 0.4) is 0 Å². The van der Waals surface area contributed by atoms with Crippen molar-refractivity contribution in [3.63, 3.8) is 0 Å². The lowest BCUT2D eigenvalue weighted by Crippen LogP contribution is -2.52. The number of likely N-dealkylation sites (N-methyl/N-ethyl adjacent to an activating group) is 1. The minimum Gasteiger partial charge on any atom is -0.492 e. The minimum absolute atomic E-state index is 0.0997. The van der Waals surface area contributed by atoms with Crippen molar-refractivity contribution in [2.45, 2.75) is 32.4 Å². The fourth-order valence-corrected chi connectivity index (χ4v) is 3.07. The number of ketones is 1. The van der Waals surface area contributed by atoms with Crippen molar-refractivity contribution in [3.05, 3.63) is 52.2 Å². The first-order valence-electron chi connectivity index (χ1n) is 8.04. The lowest BCUT2D eigenvalue weighted by atomic mass is 9.99. The van der Waals surface area contributed by atoms with Crippen molar-refractivity contribution in [1.29, 1.82) is 0 Å². The molecule has 1 unspecified atom stereocenters. The van der Waals surface area contributed by atoms with E-state index in [1.165, 1.54) is 11.3 Å². The molecule has 6 heteroatoms. The largest absolute Gasteiger partial charge is 0.492 e. The molecule has 2 aromatic rings. The number of carbonyl (C=O) groups excluding carboxylic acids is 2. The Hall–Kier alpha value is -2.18. The van der Waals surface area contributed by atoms with Gasteiger partial charge >= 0.3 is 0 Å². The highest BCUT2D eigenvalue weighted by Gasteiger charge is 2.32. The van der Waals surface area contributed by atoms with Gasteiger partial charge in [-0.2, -0.15) is 11.3 Å². The normalized spacial score (nSPS) is 12.8. The second kappa shape index (κ2) is 7.80. The van der Waals surface area contributed by atoms with Crippen LogP contribution in [0.2, 0.25) is 0 Å². The van der Waals surface area contributed by atoms with Gasteiger partial charge in [-0.15, -0.1) is 0 Å². The Morgan fingerprint density at radius 2 is 1.84 bits per heavy atom. The summed E-state index contributed by atoms with van der Waals surface area (Å²) in [7, 11) is 1.93. The molecule has 0 fully saturated rings. The molecule has 1 atom stereocenters. The quantitative estimate of drug-likeness (QED) is 0.734. The first kappa shape index (κ1) is 19.1. The molecule has 0 aliphatic rings. The van der Waals surface area contributed by atoms with Crippen LogP contribution in [-0.4, -0.2) is 41.8 Å². The third-order valence-corrected chi connectivity index (χ3v) is 5.14. The molecule has 1 aromatic carbocycles. The van der Waals surface area contributed by atoms with Crippen molar-refractivity contribution >= 4 is 23.0 Å². The average molecular weight is 360 g/mol. The summed E-state index contributed by atoms with van der Waals surface area (Å²) in [5, 5.41) is 3.78. The third kappa shape index (κ3) is 4.67. The van der Waals surface area contributed by atoms with Crippen LogP contribution in [0, 0.1) is 0 Å². The van der Waals surface area contributed by atoms with Gasteiger partial charge in [0.25, 0.3) is 0 Å². The second-order valence-electron chi connectivity index (χ2n) is 6.65. The predicted octanol–water partition coefficient (Wildman–Crippen LogP) is 3.21. The number of nitrogens with zero attached hydrogens (tertiary/aromatic N) is 1. The first-order chi connectivity index (χ1) is 11.7. The van der Waals surface area contributed by atoms with Gasteiger partial charge in [-0.05, 0) is 63.5 Å². The summed E-state index contributed by atoms with van der Waals surface area (Å²) >= 11 is 1.52. The Kier molecular flexibility index (Phi) is 5.98. The van der Waals surface area contributed by atoms with Crippen LogP contribution in [0.4, 0.5) is 0 Å². The number of thiophene rings is 1. The summed E-state index contributed by atoms with van der Waals surface area (Å²) in [5.41, 5.74) is 6.06. The number of hydrogen-bond acceptors (Lipinski definition) is 5. The number of nitrogens with two attached hydrogens (primary N) is 1. The highest BCUT2D eigenvalue weighted by atomic mass is 32.1. The van der Waals surface area contributed by atoms with Crippen LogP contribution >= 0.6 is 11.3 Å². The molecule has 1 aromatic heterocycles. The molecule has 5 nitrogen and oxygen atoms in total. The van der Waals surface area contributed by atoms with E-state index in [2.05, 4.69) is 0 Å². The Morgan fingerprint density at radius 1 is 1.20 bits per heavy atom. The van der Waals surface area contributed by atoms with Crippen LogP contribution in [0.1, 0.15) is 41.5 Å². The molecule has 0 saturated carbocycles. The van der Waals surface area contributed by atoms with Crippen LogP contribution < -0.4 is 10.5 Å². The number of benzene rings is 1. The van der Waals surface area contributed by atoms with Crippen molar-refractivity contribution in [2.24, 2.45) is 5.73 Å². The molecule has 2 rings (SSSR count). The molecule has 1 heterocycles. The van der Waals surface area contributed by atoms with E-state index in [4.69, 9.17) is 10.5 Å². The number of Topliss-reactive ketones (excluding diaryl/α,β-unsaturated/α-hetero) is 1. The zero-order valence-corrected chi connectivity index (χ0v) is 15.8. The van der Waals surface area contributed by atoms with Gasteiger partial charge in [0.15, 0.2) is 5.78 Å². The highest BCUT2D eigenvalue weighted by molar-refractivity contribution is 7.08. The maximum absolute atomic E-state index is 12.5. The molecule has 0 aliphatic heterocycles. The smallest absolute Gasteiger partial charge is 0.248 e. The number of hydrogen-bond donors (Lipinski definition) is 1. The van der Waals surface area contributed by atoms with E-state index in [-0.39, 0.29) is 17.4 Å². The van der Waals surface area contributed by atoms with E-state index >= 15 is 0 Å². The van der Waals surface area contributed by atoms with Crippen LogP contribution in [0.15, 0.2) is 41.1 Å². The maximum atomic E-state index is 12.5. The lowest BCUT2D eigenvalue weighted by Gasteiger charge is -2.38. The SMILES string of the molecule is CC(C(=O)c1ccsc1)N(C)C(C)(C)COc1ccc(C(N)=O)cc1. The van der Waals surface area contributed by atoms with Crippen molar-refractivity contribution in [3.8, 4) is 5.75 Å². The Bertz CT molecular complexity index is 724. The summed E-state index contributed by atoms with van der Waals surface area (Å²) in [4.78, 5) is 25.7. The number of carbonyl (C=O) groups is 2. The van der Waals surface area contributed by atoms with E-state index in [1.807, 2.05) is 49.5 Å². The van der Waals surface area contributed by atoms with Crippen LogP contribution in [0.25, 0.3) is 0 Å². The van der Waals surface area contributed by atoms with Gasteiger partial charge in [0.2, 0.25) is 5.91 Å². The summed E-state index contributed by atoms with van der Waals surface area (Å²) in [5.74, 6) is 0.290. The molecule has 0 saturated heterocycles. The fraction of sp³-hybridized carbons (Fsp3) is 0.368. The second-order valence-corrected chi connectivity index (χ2v) is 7.43. The third-order valence-electron chi connectivity index (χ3n) is 4.45. The predicted molar refractivity (Wildman–Crippen MR) is 100 cm³/mol. The highest BCUT2D eigenvalue weighted by Crippen LogP contribution is 2.21. The minimum atomic E-state index is -0.465. The fourth-order valence-electron chi connectivity index (χ4n) is 2.42. The van der Waals surface area contributed by atoms with Gasteiger partial charge in [-0.25, -0.2) is 0 Å². The molecule has 0 radical (unpaired) electrons. The molecule has 0 bridgehead atoms. The van der Waals surface area contributed by atoms with Crippen LogP contribution in [0.5, 0.6) is 5.75 Å². The van der Waals surface area contributed by atoms with E-state index < -0.39 is 5.91 Å². The molecule has 2 N–H and O–H groups in total. The Balaban J connectivity index is 1.99. The molecule has 0 spiro atoms. The Labute approximate surface area is 152 Å². The number of ether oxygens (including phenoxy) is 1. The van der Waals surface area contributed by atoms with Crippen molar-refractivity contribution in [2.75, 3.05) is 13.7 Å². The van der Waals surface area contributed by atoms with Gasteiger partial charge in [-0.3, -0.25) is 14.5 Å². The Morgan fingerprint density at radius 3 is 2.36 bits per heavy atom. The lowest BCUT2D eigenvalue weighted by molar-refractivity contribution is 0.0498. The molecule has 134 valence electrons. The van der Waals surface area contributed by atoms with Crippen LogP contribution in [-0.2, 0) is 0 Å². The topological polar surface area (TPSA) is 72.6 Å². The monoisotopic (exact) mass is 360 g/mol. The van der Waals surface area contributed by atoms with Gasteiger partial charge in [0, 0.05) is 22.0 Å². The number of rotatable bonds is 8. The van der Waals surface area contributed by atoms with Gasteiger partial charge in [0.05, 0.1) is 6.04 Å². The standard InChI is InChI=1S/C19H24N2O3S/c1-13(17(22)15-9-10-25-11-15)21(4)19(2,3)12-24-16-7-5-14(6-8-16)18(20)23/h5-11,13H,12H2,1-4H3,(H2,20,23). The molecule has 0 aliphatic carbocycles. The van der Waals surface area contributed by atoms with Gasteiger partial charge in [0.1, 0.15) is 12.4 Å². The molecule has 1 amide bonds. The van der Waals surface area contributed by atoms with E-state index in [1.54, 1.807) is 24.3 Å². The van der Waals surface area contributed by atoms with E-state index in [9.17, 15) is 9.59 Å². The zero-order valence-electron chi connectivity index (χ0n) is 15.0. The average Bonchev–Trinajstić information content (AvgIpc) is 3.13. The van der Waals surface area contributed by atoms with E-state index in [0.29, 0.717) is 17.9 Å². The zero-order chi connectivity index (χ0) is 18.6. The number of primary amides is 1. The van der Waals surface area contributed by atoms with E-state index in [0.717, 1.165) is 5.56 Å². The molecule has 25 heavy (non-hydrogen) atoms. The van der Waals surface area contributed by atoms with Gasteiger partial charge in [-0.1, -0.05) is 0 Å². The number of amides is 1. The van der Waals surface area contributed by atoms with Gasteiger partial charge < -0.3 is 10.5 Å². The summed E-state index contributed by atoms with van der Waals surface area (Å²) < 4.78 is 5.84.